The fourth-order valence-electron chi connectivity index (χ4n) is 2.18. The lowest BCUT2D eigenvalue weighted by Gasteiger charge is -2.13. The molecule has 1 heterocycles. The zero-order valence-electron chi connectivity index (χ0n) is 9.58. The summed E-state index contributed by atoms with van der Waals surface area (Å²) in [7, 11) is 0. The van der Waals surface area contributed by atoms with Crippen molar-refractivity contribution in [3.63, 3.8) is 0 Å². The maximum absolute atomic E-state index is 5.80. The van der Waals surface area contributed by atoms with Gasteiger partial charge in [0.15, 0.2) is 0 Å². The highest BCUT2D eigenvalue weighted by Crippen LogP contribution is 2.31. The fraction of sp³-hybridized carbons (Fsp3) is 0.538. The number of ether oxygens (including phenoxy) is 1. The Bertz CT molecular complexity index is 359. The van der Waals surface area contributed by atoms with Crippen molar-refractivity contribution < 1.29 is 4.74 Å². The van der Waals surface area contributed by atoms with E-state index in [0.717, 1.165) is 26.1 Å². The van der Waals surface area contributed by atoms with E-state index in [9.17, 15) is 0 Å². The Morgan fingerprint density at radius 1 is 1.56 bits per heavy atom. The second kappa shape index (κ2) is 5.30. The number of nitrogens with two attached hydrogens (primary N) is 1. The van der Waals surface area contributed by atoms with Crippen LogP contribution in [0.25, 0.3) is 0 Å². The molecular weight excluding hydrogens is 266 g/mol. The van der Waals surface area contributed by atoms with Gasteiger partial charge in [0.25, 0.3) is 0 Å². The van der Waals surface area contributed by atoms with Crippen molar-refractivity contribution in [3.05, 3.63) is 33.8 Å². The first kappa shape index (κ1) is 12.1. The van der Waals surface area contributed by atoms with E-state index in [1.54, 1.807) is 0 Å². The molecule has 0 radical (unpaired) electrons. The number of benzene rings is 1. The molecule has 2 nitrogen and oxygen atoms in total. The van der Waals surface area contributed by atoms with Gasteiger partial charge in [-0.3, -0.25) is 0 Å². The van der Waals surface area contributed by atoms with Crippen molar-refractivity contribution in [1.82, 2.24) is 0 Å². The summed E-state index contributed by atoms with van der Waals surface area (Å²) in [6.45, 7) is 3.77. The molecule has 1 fully saturated rings. The lowest BCUT2D eigenvalue weighted by atomic mass is 9.96. The fourth-order valence-corrected chi connectivity index (χ4v) is 2.93. The van der Waals surface area contributed by atoms with Gasteiger partial charge in [-0.1, -0.05) is 28.1 Å². The van der Waals surface area contributed by atoms with E-state index in [1.807, 2.05) is 6.92 Å². The quantitative estimate of drug-likeness (QED) is 0.926. The highest BCUT2D eigenvalue weighted by molar-refractivity contribution is 9.10. The highest BCUT2D eigenvalue weighted by Gasteiger charge is 2.19. The Balaban J connectivity index is 2.15. The molecule has 16 heavy (non-hydrogen) atoms. The maximum Gasteiger partial charge on any atom is 0.0535 e. The second-order valence-electron chi connectivity index (χ2n) is 4.60. The first-order chi connectivity index (χ1) is 7.66. The standard InChI is InChI=1S/C13H18BrNO/c1-9(15)6-10-2-3-12(13(14)7-10)11-4-5-16-8-11/h2-3,7,9,11H,4-6,8,15H2,1H3. The lowest BCUT2D eigenvalue weighted by Crippen LogP contribution is -2.17. The molecule has 0 saturated carbocycles. The second-order valence-corrected chi connectivity index (χ2v) is 5.45. The van der Waals surface area contributed by atoms with Crippen LogP contribution in [0.15, 0.2) is 22.7 Å². The van der Waals surface area contributed by atoms with Crippen molar-refractivity contribution in [1.29, 1.82) is 0 Å². The minimum Gasteiger partial charge on any atom is -0.381 e. The molecule has 1 aliphatic rings. The summed E-state index contributed by atoms with van der Waals surface area (Å²) in [4.78, 5) is 0. The van der Waals surface area contributed by atoms with Crippen LogP contribution >= 0.6 is 15.9 Å². The van der Waals surface area contributed by atoms with Gasteiger partial charge < -0.3 is 10.5 Å². The SMILES string of the molecule is CC(N)Cc1ccc(C2CCOC2)c(Br)c1. The van der Waals surface area contributed by atoms with Gasteiger partial charge in [0.2, 0.25) is 0 Å². The van der Waals surface area contributed by atoms with Crippen LogP contribution in [0.1, 0.15) is 30.4 Å². The van der Waals surface area contributed by atoms with Crippen molar-refractivity contribution in [3.8, 4) is 0 Å². The van der Waals surface area contributed by atoms with Gasteiger partial charge in [-0.2, -0.15) is 0 Å². The summed E-state index contributed by atoms with van der Waals surface area (Å²) < 4.78 is 6.62. The molecule has 88 valence electrons. The zero-order chi connectivity index (χ0) is 11.5. The molecule has 1 aromatic rings. The summed E-state index contributed by atoms with van der Waals surface area (Å²) in [6.07, 6.45) is 2.06. The van der Waals surface area contributed by atoms with Crippen LogP contribution < -0.4 is 5.73 Å². The van der Waals surface area contributed by atoms with Gasteiger partial charge in [0.1, 0.15) is 0 Å². The van der Waals surface area contributed by atoms with Crippen molar-refractivity contribution in [2.45, 2.75) is 31.7 Å². The van der Waals surface area contributed by atoms with E-state index in [2.05, 4.69) is 34.1 Å². The third-order valence-electron chi connectivity index (χ3n) is 2.99. The van der Waals surface area contributed by atoms with Crippen LogP contribution in [-0.4, -0.2) is 19.3 Å². The Morgan fingerprint density at radius 3 is 2.94 bits per heavy atom. The predicted molar refractivity (Wildman–Crippen MR) is 69.7 cm³/mol. The summed E-state index contributed by atoms with van der Waals surface area (Å²) in [5, 5.41) is 0. The van der Waals surface area contributed by atoms with Gasteiger partial charge in [-0.25, -0.2) is 0 Å². The molecule has 2 unspecified atom stereocenters. The van der Waals surface area contributed by atoms with Crippen LogP contribution in [0.2, 0.25) is 0 Å². The summed E-state index contributed by atoms with van der Waals surface area (Å²) in [5.41, 5.74) is 8.46. The predicted octanol–water partition coefficient (Wildman–Crippen LogP) is 2.84. The molecule has 2 rings (SSSR count). The van der Waals surface area contributed by atoms with E-state index in [0.29, 0.717) is 5.92 Å². The lowest BCUT2D eigenvalue weighted by molar-refractivity contribution is 0.194. The summed E-state index contributed by atoms with van der Waals surface area (Å²) in [5.74, 6) is 0.554. The largest absolute Gasteiger partial charge is 0.381 e. The summed E-state index contributed by atoms with van der Waals surface area (Å²) >= 11 is 3.65. The van der Waals surface area contributed by atoms with Crippen LogP contribution in [-0.2, 0) is 11.2 Å². The number of hydrogen-bond donors (Lipinski definition) is 1. The zero-order valence-corrected chi connectivity index (χ0v) is 11.2. The molecule has 0 aliphatic carbocycles. The first-order valence-electron chi connectivity index (χ1n) is 5.78. The monoisotopic (exact) mass is 283 g/mol. The van der Waals surface area contributed by atoms with Gasteiger partial charge in [-0.05, 0) is 37.0 Å². The molecule has 3 heteroatoms. The average molecular weight is 284 g/mol. The average Bonchev–Trinajstić information content (AvgIpc) is 2.69. The molecule has 1 aromatic carbocycles. The van der Waals surface area contributed by atoms with Gasteiger partial charge in [0, 0.05) is 23.0 Å². The van der Waals surface area contributed by atoms with E-state index in [-0.39, 0.29) is 6.04 Å². The minimum absolute atomic E-state index is 0.215. The van der Waals surface area contributed by atoms with E-state index < -0.39 is 0 Å². The number of halogens is 1. The number of hydrogen-bond acceptors (Lipinski definition) is 2. The van der Waals surface area contributed by atoms with E-state index in [4.69, 9.17) is 10.5 Å². The third-order valence-corrected chi connectivity index (χ3v) is 3.68. The van der Waals surface area contributed by atoms with Crippen LogP contribution in [0, 0.1) is 0 Å². The van der Waals surface area contributed by atoms with Gasteiger partial charge in [-0.15, -0.1) is 0 Å². The van der Waals surface area contributed by atoms with Gasteiger partial charge in [0.05, 0.1) is 6.61 Å². The van der Waals surface area contributed by atoms with Gasteiger partial charge >= 0.3 is 0 Å². The Hall–Kier alpha value is -0.380. The molecule has 2 atom stereocenters. The van der Waals surface area contributed by atoms with Crippen LogP contribution in [0.4, 0.5) is 0 Å². The third kappa shape index (κ3) is 2.84. The van der Waals surface area contributed by atoms with Crippen molar-refractivity contribution in [2.75, 3.05) is 13.2 Å². The van der Waals surface area contributed by atoms with Crippen molar-refractivity contribution in [2.24, 2.45) is 5.73 Å². The van der Waals surface area contributed by atoms with E-state index >= 15 is 0 Å². The topological polar surface area (TPSA) is 35.2 Å². The molecule has 0 spiro atoms. The minimum atomic E-state index is 0.215. The molecule has 1 saturated heterocycles. The molecular formula is C13H18BrNO. The molecule has 2 N–H and O–H groups in total. The van der Waals surface area contributed by atoms with Crippen LogP contribution in [0.3, 0.4) is 0 Å². The summed E-state index contributed by atoms with van der Waals surface area (Å²) in [6, 6.07) is 6.80. The molecule has 0 bridgehead atoms. The van der Waals surface area contributed by atoms with E-state index in [1.165, 1.54) is 15.6 Å². The first-order valence-corrected chi connectivity index (χ1v) is 6.58. The van der Waals surface area contributed by atoms with Crippen LogP contribution in [0.5, 0.6) is 0 Å². The Morgan fingerprint density at radius 2 is 2.38 bits per heavy atom. The normalized spacial score (nSPS) is 22.3. The highest BCUT2D eigenvalue weighted by atomic mass is 79.9. The smallest absolute Gasteiger partial charge is 0.0535 e. The number of rotatable bonds is 3. The molecule has 0 aromatic heterocycles. The maximum atomic E-state index is 5.80. The Kier molecular flexibility index (Phi) is 4.00. The Labute approximate surface area is 105 Å². The van der Waals surface area contributed by atoms with Crippen molar-refractivity contribution >= 4 is 15.9 Å². The molecule has 0 amide bonds. The molecule has 1 aliphatic heterocycles.